The third kappa shape index (κ3) is 5.33. The molecule has 0 aliphatic carbocycles. The fourth-order valence-corrected chi connectivity index (χ4v) is 3.65. The largest absolute Gasteiger partial charge is 0.468 e. The van der Waals surface area contributed by atoms with Gasteiger partial charge in [0.1, 0.15) is 12.3 Å². The van der Waals surface area contributed by atoms with Gasteiger partial charge in [-0.25, -0.2) is 13.1 Å². The first kappa shape index (κ1) is 21.3. The van der Waals surface area contributed by atoms with Gasteiger partial charge in [0.05, 0.1) is 23.4 Å². The number of nitrogens with zero attached hydrogens (tertiary/aromatic N) is 2. The van der Waals surface area contributed by atoms with E-state index < -0.39 is 21.8 Å². The van der Waals surface area contributed by atoms with Crippen LogP contribution in [-0.4, -0.2) is 30.0 Å². The van der Waals surface area contributed by atoms with Crippen LogP contribution in [0.2, 0.25) is 0 Å². The summed E-state index contributed by atoms with van der Waals surface area (Å²) in [5.41, 5.74) is 6.40. The van der Waals surface area contributed by atoms with Crippen LogP contribution >= 0.6 is 0 Å². The number of aryl methyl sites for hydroxylation is 2. The summed E-state index contributed by atoms with van der Waals surface area (Å²) in [5, 5.41) is 4.17. The van der Waals surface area contributed by atoms with Crippen LogP contribution in [0.3, 0.4) is 0 Å². The summed E-state index contributed by atoms with van der Waals surface area (Å²) in [6.07, 6.45) is 1.45. The molecule has 11 heteroatoms. The van der Waals surface area contributed by atoms with Crippen molar-refractivity contribution in [3.8, 4) is 0 Å². The number of nitrogens with one attached hydrogen (secondary N) is 3. The Kier molecular flexibility index (Phi) is 6.33. The van der Waals surface area contributed by atoms with Crippen LogP contribution in [0.4, 0.5) is 0 Å². The van der Waals surface area contributed by atoms with Crippen LogP contribution in [0.25, 0.3) is 0 Å². The Morgan fingerprint density at radius 3 is 2.43 bits per heavy atom. The van der Waals surface area contributed by atoms with Crippen LogP contribution < -0.4 is 15.6 Å². The van der Waals surface area contributed by atoms with E-state index in [1.54, 1.807) is 12.1 Å². The molecule has 0 radical (unpaired) electrons. The van der Waals surface area contributed by atoms with Crippen LogP contribution in [0.1, 0.15) is 27.5 Å². The SMILES string of the molecule is Cc1cc(C)n(CC(=O)NNC(=O)c2ccc(S(=O)(=O)NCc3ccco3)cc2)n1. The molecule has 158 valence electrons. The van der Waals surface area contributed by atoms with E-state index in [4.69, 9.17) is 4.42 Å². The van der Waals surface area contributed by atoms with Crippen LogP contribution in [0, 0.1) is 13.8 Å². The van der Waals surface area contributed by atoms with Gasteiger partial charge in [-0.2, -0.15) is 5.10 Å². The zero-order chi connectivity index (χ0) is 21.7. The number of hydrogen-bond acceptors (Lipinski definition) is 6. The maximum absolute atomic E-state index is 12.3. The maximum Gasteiger partial charge on any atom is 0.269 e. The lowest BCUT2D eigenvalue weighted by Gasteiger charge is -2.09. The number of sulfonamides is 1. The van der Waals surface area contributed by atoms with E-state index in [0.29, 0.717) is 5.76 Å². The Morgan fingerprint density at radius 1 is 1.10 bits per heavy atom. The molecule has 2 aromatic heterocycles. The lowest BCUT2D eigenvalue weighted by molar-refractivity contribution is -0.122. The summed E-state index contributed by atoms with van der Waals surface area (Å²) in [6.45, 7) is 3.61. The van der Waals surface area contributed by atoms with Gasteiger partial charge in [-0.05, 0) is 56.3 Å². The number of hydrazine groups is 1. The average Bonchev–Trinajstić information content (AvgIpc) is 3.34. The topological polar surface area (TPSA) is 135 Å². The number of carbonyl (C=O) groups is 2. The van der Waals surface area contributed by atoms with Crippen molar-refractivity contribution in [3.05, 3.63) is 71.4 Å². The first-order chi connectivity index (χ1) is 14.2. The number of aromatic nitrogens is 2. The Labute approximate surface area is 173 Å². The van der Waals surface area contributed by atoms with Gasteiger partial charge in [0.25, 0.3) is 11.8 Å². The highest BCUT2D eigenvalue weighted by atomic mass is 32.2. The second kappa shape index (κ2) is 8.93. The second-order valence-corrected chi connectivity index (χ2v) is 8.28. The van der Waals surface area contributed by atoms with Gasteiger partial charge >= 0.3 is 0 Å². The standard InChI is InChI=1S/C19H21N5O5S/c1-13-10-14(2)24(23-13)12-18(25)21-22-19(26)15-5-7-17(8-6-15)30(27,28)20-11-16-4-3-9-29-16/h3-10,20H,11-12H2,1-2H3,(H,21,25)(H,22,26). The zero-order valence-corrected chi connectivity index (χ0v) is 17.2. The van der Waals surface area contributed by atoms with Gasteiger partial charge in [-0.3, -0.25) is 25.1 Å². The quantitative estimate of drug-likeness (QED) is 0.478. The normalized spacial score (nSPS) is 11.3. The summed E-state index contributed by atoms with van der Waals surface area (Å²) in [4.78, 5) is 24.2. The highest BCUT2D eigenvalue weighted by molar-refractivity contribution is 7.89. The van der Waals surface area contributed by atoms with Crippen molar-refractivity contribution in [2.75, 3.05) is 0 Å². The van der Waals surface area contributed by atoms with Crippen molar-refractivity contribution in [1.29, 1.82) is 0 Å². The highest BCUT2D eigenvalue weighted by Gasteiger charge is 2.16. The molecule has 0 saturated carbocycles. The van der Waals surface area contributed by atoms with E-state index in [1.165, 1.54) is 35.2 Å². The minimum absolute atomic E-state index is 0.000770. The van der Waals surface area contributed by atoms with Crippen LogP contribution in [0.15, 0.2) is 58.0 Å². The molecule has 0 aliphatic heterocycles. The summed E-state index contributed by atoms with van der Waals surface area (Å²) >= 11 is 0. The van der Waals surface area contributed by atoms with Gasteiger partial charge in [-0.1, -0.05) is 0 Å². The Balaban J connectivity index is 1.54. The molecule has 0 unspecified atom stereocenters. The molecule has 2 heterocycles. The van der Waals surface area contributed by atoms with Crippen LogP contribution in [0.5, 0.6) is 0 Å². The molecule has 2 amide bonds. The molecule has 0 aliphatic rings. The van der Waals surface area contributed by atoms with Gasteiger partial charge in [0.2, 0.25) is 10.0 Å². The van der Waals surface area contributed by atoms with Crippen molar-refractivity contribution in [2.24, 2.45) is 0 Å². The molecule has 0 fully saturated rings. The fourth-order valence-electron chi connectivity index (χ4n) is 2.66. The number of amides is 2. The van der Waals surface area contributed by atoms with Crippen molar-refractivity contribution >= 4 is 21.8 Å². The van der Waals surface area contributed by atoms with Gasteiger partial charge in [0, 0.05) is 11.3 Å². The molecular weight excluding hydrogens is 410 g/mol. The van der Waals surface area contributed by atoms with Crippen molar-refractivity contribution in [1.82, 2.24) is 25.4 Å². The van der Waals surface area contributed by atoms with Crippen molar-refractivity contribution < 1.29 is 22.4 Å². The Bertz CT molecular complexity index is 1130. The average molecular weight is 431 g/mol. The molecule has 3 rings (SSSR count). The number of hydrogen-bond donors (Lipinski definition) is 3. The molecule has 0 bridgehead atoms. The number of rotatable bonds is 7. The van der Waals surface area contributed by atoms with E-state index in [2.05, 4.69) is 20.7 Å². The third-order valence-electron chi connectivity index (χ3n) is 4.16. The summed E-state index contributed by atoms with van der Waals surface area (Å²) < 4.78 is 33.6. The minimum atomic E-state index is -3.76. The molecule has 30 heavy (non-hydrogen) atoms. The van der Waals surface area contributed by atoms with E-state index in [1.807, 2.05) is 19.9 Å². The van der Waals surface area contributed by atoms with Gasteiger partial charge in [-0.15, -0.1) is 0 Å². The van der Waals surface area contributed by atoms with E-state index in [0.717, 1.165) is 11.4 Å². The second-order valence-electron chi connectivity index (χ2n) is 6.52. The van der Waals surface area contributed by atoms with E-state index >= 15 is 0 Å². The minimum Gasteiger partial charge on any atom is -0.468 e. The molecule has 1 aromatic carbocycles. The monoisotopic (exact) mass is 431 g/mol. The van der Waals surface area contributed by atoms with Crippen molar-refractivity contribution in [3.63, 3.8) is 0 Å². The van der Waals surface area contributed by atoms with Crippen LogP contribution in [-0.2, 0) is 27.9 Å². The first-order valence-corrected chi connectivity index (χ1v) is 10.5. The molecule has 10 nitrogen and oxygen atoms in total. The number of benzene rings is 1. The number of carbonyl (C=O) groups excluding carboxylic acids is 2. The Morgan fingerprint density at radius 2 is 1.83 bits per heavy atom. The lowest BCUT2D eigenvalue weighted by Crippen LogP contribution is -2.43. The molecular formula is C19H21N5O5S. The summed E-state index contributed by atoms with van der Waals surface area (Å²) in [7, 11) is -3.76. The highest BCUT2D eigenvalue weighted by Crippen LogP contribution is 2.11. The third-order valence-corrected chi connectivity index (χ3v) is 5.57. The summed E-state index contributed by atoms with van der Waals surface area (Å²) in [5.74, 6) is -0.550. The van der Waals surface area contributed by atoms with E-state index in [-0.39, 0.29) is 23.5 Å². The first-order valence-electron chi connectivity index (χ1n) is 8.97. The Hall–Kier alpha value is -3.44. The molecule has 3 N–H and O–H groups in total. The molecule has 0 saturated heterocycles. The summed E-state index contributed by atoms with van der Waals surface area (Å²) in [6, 6.07) is 10.5. The zero-order valence-electron chi connectivity index (χ0n) is 16.4. The van der Waals surface area contributed by atoms with Gasteiger partial charge < -0.3 is 4.42 Å². The van der Waals surface area contributed by atoms with Crippen molar-refractivity contribution in [2.45, 2.75) is 31.8 Å². The lowest BCUT2D eigenvalue weighted by atomic mass is 10.2. The molecule has 3 aromatic rings. The predicted molar refractivity (Wildman–Crippen MR) is 106 cm³/mol. The number of furan rings is 1. The van der Waals surface area contributed by atoms with E-state index in [9.17, 15) is 18.0 Å². The van der Waals surface area contributed by atoms with Gasteiger partial charge in [0.15, 0.2) is 0 Å². The maximum atomic E-state index is 12.3. The molecule has 0 spiro atoms. The smallest absolute Gasteiger partial charge is 0.269 e. The molecule has 0 atom stereocenters. The predicted octanol–water partition coefficient (Wildman–Crippen LogP) is 1.03. The fraction of sp³-hybridized carbons (Fsp3) is 0.211.